The molecule has 1 amide bonds. The predicted octanol–water partition coefficient (Wildman–Crippen LogP) is 4.05. The molecule has 0 aromatic heterocycles. The van der Waals surface area contributed by atoms with Gasteiger partial charge in [-0.3, -0.25) is 9.69 Å². The Balaban J connectivity index is 1.83. The van der Waals surface area contributed by atoms with E-state index < -0.39 is 5.60 Å². The molecule has 2 atom stereocenters. The van der Waals surface area contributed by atoms with Gasteiger partial charge in [-0.05, 0) is 57.2 Å². The summed E-state index contributed by atoms with van der Waals surface area (Å²) >= 11 is 0. The molecular formula is C19H23NO3. The van der Waals surface area contributed by atoms with E-state index in [1.165, 1.54) is 5.57 Å². The van der Waals surface area contributed by atoms with Crippen LogP contribution in [-0.4, -0.2) is 35.0 Å². The van der Waals surface area contributed by atoms with Crippen molar-refractivity contribution in [3.63, 3.8) is 0 Å². The van der Waals surface area contributed by atoms with Gasteiger partial charge in [0.1, 0.15) is 11.9 Å². The maximum atomic E-state index is 12.4. The maximum Gasteiger partial charge on any atom is 0.411 e. The minimum atomic E-state index is -0.473. The Bertz CT molecular complexity index is 657. The third-order valence-electron chi connectivity index (χ3n) is 4.39. The number of nitrogens with zero attached hydrogens (tertiary/aromatic N) is 1. The average Bonchev–Trinajstić information content (AvgIpc) is 2.76. The van der Waals surface area contributed by atoms with E-state index in [0.29, 0.717) is 5.56 Å². The molecule has 2 unspecified atom stereocenters. The van der Waals surface area contributed by atoms with Gasteiger partial charge in [0, 0.05) is 11.6 Å². The summed E-state index contributed by atoms with van der Waals surface area (Å²) in [6, 6.07) is 7.94. The Hall–Kier alpha value is -2.10. The highest BCUT2D eigenvalue weighted by Gasteiger charge is 2.41. The Labute approximate surface area is 137 Å². The topological polar surface area (TPSA) is 46.6 Å². The van der Waals surface area contributed by atoms with E-state index in [2.05, 4.69) is 6.08 Å². The zero-order valence-corrected chi connectivity index (χ0v) is 13.9. The number of fused-ring (bicyclic) bond motifs is 2. The first-order valence-electron chi connectivity index (χ1n) is 8.15. The first kappa shape index (κ1) is 15.8. The first-order valence-corrected chi connectivity index (χ1v) is 8.15. The monoisotopic (exact) mass is 313 g/mol. The van der Waals surface area contributed by atoms with E-state index in [-0.39, 0.29) is 18.2 Å². The molecule has 1 fully saturated rings. The molecule has 2 bridgehead atoms. The largest absolute Gasteiger partial charge is 0.444 e. The molecule has 1 aromatic carbocycles. The van der Waals surface area contributed by atoms with Gasteiger partial charge in [0.2, 0.25) is 0 Å². The summed E-state index contributed by atoms with van der Waals surface area (Å²) in [6.45, 7) is 5.68. The van der Waals surface area contributed by atoms with Crippen LogP contribution in [0.3, 0.4) is 0 Å². The highest BCUT2D eigenvalue weighted by Crippen LogP contribution is 2.39. The molecular weight excluding hydrogens is 290 g/mol. The van der Waals surface area contributed by atoms with Crippen LogP contribution in [0.4, 0.5) is 4.79 Å². The SMILES string of the molecule is CC(C)(C)OC(=O)N1C2C=C(c3cccc(C=O)c3)CC1CC2. The molecule has 4 nitrogen and oxygen atoms in total. The Morgan fingerprint density at radius 2 is 2.09 bits per heavy atom. The fourth-order valence-electron chi connectivity index (χ4n) is 3.46. The minimum Gasteiger partial charge on any atom is -0.444 e. The smallest absolute Gasteiger partial charge is 0.411 e. The lowest BCUT2D eigenvalue weighted by Gasteiger charge is -2.35. The standard InChI is InChI=1S/C19H23NO3/c1-19(2,3)23-18(22)20-16-7-8-17(20)11-15(10-16)14-6-4-5-13(9-14)12-21/h4-6,9-10,12,16-17H,7-8,11H2,1-3H3. The third kappa shape index (κ3) is 3.31. The van der Waals surface area contributed by atoms with E-state index in [4.69, 9.17) is 4.74 Å². The van der Waals surface area contributed by atoms with Crippen molar-refractivity contribution >= 4 is 18.0 Å². The van der Waals surface area contributed by atoms with Crippen LogP contribution in [0.15, 0.2) is 30.3 Å². The predicted molar refractivity (Wildman–Crippen MR) is 89.3 cm³/mol. The van der Waals surface area contributed by atoms with Gasteiger partial charge in [-0.15, -0.1) is 0 Å². The van der Waals surface area contributed by atoms with Crippen molar-refractivity contribution in [1.82, 2.24) is 4.90 Å². The molecule has 0 aliphatic carbocycles. The first-order chi connectivity index (χ1) is 10.9. The third-order valence-corrected chi connectivity index (χ3v) is 4.39. The number of rotatable bonds is 2. The number of carbonyl (C=O) groups excluding carboxylic acids is 2. The fourth-order valence-corrected chi connectivity index (χ4v) is 3.46. The second kappa shape index (κ2) is 5.84. The van der Waals surface area contributed by atoms with Gasteiger partial charge in [-0.25, -0.2) is 4.79 Å². The van der Waals surface area contributed by atoms with Crippen molar-refractivity contribution < 1.29 is 14.3 Å². The van der Waals surface area contributed by atoms with Crippen LogP contribution in [0.25, 0.3) is 5.57 Å². The minimum absolute atomic E-state index is 0.0958. The summed E-state index contributed by atoms with van der Waals surface area (Å²) in [5.74, 6) is 0. The number of hydrogen-bond donors (Lipinski definition) is 0. The number of benzene rings is 1. The van der Waals surface area contributed by atoms with Crippen LogP contribution in [-0.2, 0) is 4.74 Å². The molecule has 0 spiro atoms. The summed E-state index contributed by atoms with van der Waals surface area (Å²) in [5.41, 5.74) is 2.51. The van der Waals surface area contributed by atoms with Crippen LogP contribution < -0.4 is 0 Å². The highest BCUT2D eigenvalue weighted by molar-refractivity contribution is 5.80. The van der Waals surface area contributed by atoms with Crippen LogP contribution in [0.2, 0.25) is 0 Å². The zero-order chi connectivity index (χ0) is 16.6. The summed E-state index contributed by atoms with van der Waals surface area (Å²) < 4.78 is 5.55. The molecule has 2 aliphatic rings. The van der Waals surface area contributed by atoms with E-state index in [1.807, 2.05) is 49.9 Å². The summed E-state index contributed by atoms with van der Waals surface area (Å²) in [4.78, 5) is 25.3. The van der Waals surface area contributed by atoms with Gasteiger partial charge < -0.3 is 4.74 Å². The molecule has 2 heterocycles. The molecule has 3 rings (SSSR count). The average molecular weight is 313 g/mol. The number of hydrogen-bond acceptors (Lipinski definition) is 3. The fraction of sp³-hybridized carbons (Fsp3) is 0.474. The molecule has 4 heteroatoms. The van der Waals surface area contributed by atoms with Crippen LogP contribution >= 0.6 is 0 Å². The highest BCUT2D eigenvalue weighted by atomic mass is 16.6. The lowest BCUT2D eigenvalue weighted by molar-refractivity contribution is 0.0175. The molecule has 0 N–H and O–H groups in total. The maximum absolute atomic E-state index is 12.4. The van der Waals surface area contributed by atoms with Crippen LogP contribution in [0.1, 0.15) is 56.0 Å². The second-order valence-electron chi connectivity index (χ2n) is 7.33. The molecule has 122 valence electrons. The van der Waals surface area contributed by atoms with Crippen molar-refractivity contribution in [3.8, 4) is 0 Å². The van der Waals surface area contributed by atoms with Gasteiger partial charge in [-0.1, -0.05) is 24.3 Å². The van der Waals surface area contributed by atoms with Gasteiger partial charge in [0.25, 0.3) is 0 Å². The zero-order valence-electron chi connectivity index (χ0n) is 13.9. The van der Waals surface area contributed by atoms with Gasteiger partial charge in [0.05, 0.1) is 6.04 Å². The molecule has 0 radical (unpaired) electrons. The summed E-state index contributed by atoms with van der Waals surface area (Å²) in [7, 11) is 0. The summed E-state index contributed by atoms with van der Waals surface area (Å²) in [5, 5.41) is 0. The normalized spacial score (nSPS) is 23.4. The molecule has 23 heavy (non-hydrogen) atoms. The quantitative estimate of drug-likeness (QED) is 0.774. The Kier molecular flexibility index (Phi) is 4.00. The van der Waals surface area contributed by atoms with Crippen LogP contribution in [0, 0.1) is 0 Å². The molecule has 1 aromatic rings. The molecule has 1 saturated heterocycles. The van der Waals surface area contributed by atoms with Gasteiger partial charge in [0.15, 0.2) is 0 Å². The number of ether oxygens (including phenoxy) is 1. The number of aldehydes is 1. The van der Waals surface area contributed by atoms with Gasteiger partial charge >= 0.3 is 6.09 Å². The second-order valence-corrected chi connectivity index (χ2v) is 7.33. The van der Waals surface area contributed by atoms with Gasteiger partial charge in [-0.2, -0.15) is 0 Å². The van der Waals surface area contributed by atoms with Crippen LogP contribution in [0.5, 0.6) is 0 Å². The van der Waals surface area contributed by atoms with Crippen molar-refractivity contribution in [3.05, 3.63) is 41.5 Å². The van der Waals surface area contributed by atoms with E-state index >= 15 is 0 Å². The Morgan fingerprint density at radius 1 is 1.30 bits per heavy atom. The Morgan fingerprint density at radius 3 is 2.74 bits per heavy atom. The van der Waals surface area contributed by atoms with E-state index in [0.717, 1.165) is 31.1 Å². The van der Waals surface area contributed by atoms with Crippen molar-refractivity contribution in [2.45, 2.75) is 57.7 Å². The lowest BCUT2D eigenvalue weighted by Crippen LogP contribution is -2.45. The van der Waals surface area contributed by atoms with Crippen molar-refractivity contribution in [2.75, 3.05) is 0 Å². The van der Waals surface area contributed by atoms with Crippen molar-refractivity contribution in [2.24, 2.45) is 0 Å². The number of carbonyl (C=O) groups is 2. The number of amides is 1. The molecule has 2 aliphatic heterocycles. The van der Waals surface area contributed by atoms with E-state index in [1.54, 1.807) is 0 Å². The lowest BCUT2D eigenvalue weighted by atomic mass is 9.94. The van der Waals surface area contributed by atoms with Crippen molar-refractivity contribution in [1.29, 1.82) is 0 Å². The summed E-state index contributed by atoms with van der Waals surface area (Å²) in [6.07, 6.45) is 5.60. The molecule has 0 saturated carbocycles. The van der Waals surface area contributed by atoms with E-state index in [9.17, 15) is 9.59 Å².